The summed E-state index contributed by atoms with van der Waals surface area (Å²) in [5, 5.41) is 9.50. The van der Waals surface area contributed by atoms with Crippen LogP contribution < -0.4 is 0 Å². The predicted molar refractivity (Wildman–Crippen MR) is 73.0 cm³/mol. The summed E-state index contributed by atoms with van der Waals surface area (Å²) in [6.45, 7) is 7.88. The number of hydrogen-bond donors (Lipinski definition) is 1. The summed E-state index contributed by atoms with van der Waals surface area (Å²) < 4.78 is 24.3. The van der Waals surface area contributed by atoms with Gasteiger partial charge in [0.25, 0.3) is 0 Å². The van der Waals surface area contributed by atoms with E-state index >= 15 is 0 Å². The van der Waals surface area contributed by atoms with Crippen molar-refractivity contribution in [3.05, 3.63) is 0 Å². The van der Waals surface area contributed by atoms with Gasteiger partial charge in [-0.3, -0.25) is 0 Å². The summed E-state index contributed by atoms with van der Waals surface area (Å²) in [7, 11) is -3.05. The average Bonchev–Trinajstić information content (AvgIpc) is 2.29. The fourth-order valence-electron chi connectivity index (χ4n) is 2.57. The molecule has 1 aliphatic rings. The quantitative estimate of drug-likeness (QED) is 0.762. The van der Waals surface area contributed by atoms with E-state index in [0.717, 1.165) is 32.5 Å². The minimum atomic E-state index is -3.05. The van der Waals surface area contributed by atoms with Crippen molar-refractivity contribution < 1.29 is 13.5 Å². The maximum absolute atomic E-state index is 11.4. The van der Waals surface area contributed by atoms with E-state index in [1.807, 2.05) is 0 Å². The van der Waals surface area contributed by atoms with Gasteiger partial charge in [0, 0.05) is 44.7 Å². The third-order valence-corrected chi connectivity index (χ3v) is 4.94. The first-order valence-corrected chi connectivity index (χ1v) is 8.44. The van der Waals surface area contributed by atoms with Crippen LogP contribution in [-0.2, 0) is 10.0 Å². The second-order valence-electron chi connectivity index (χ2n) is 5.66. The molecule has 1 N–H and O–H groups in total. The Morgan fingerprint density at radius 2 is 1.78 bits per heavy atom. The minimum Gasteiger partial charge on any atom is -0.396 e. The fourth-order valence-corrected chi connectivity index (χ4v) is 3.40. The zero-order chi connectivity index (χ0) is 13.8. The van der Waals surface area contributed by atoms with Crippen molar-refractivity contribution >= 4 is 10.0 Å². The van der Waals surface area contributed by atoms with Gasteiger partial charge in [-0.2, -0.15) is 4.31 Å². The van der Waals surface area contributed by atoms with Crippen LogP contribution in [0.25, 0.3) is 0 Å². The van der Waals surface area contributed by atoms with Crippen LogP contribution in [0.15, 0.2) is 0 Å². The van der Waals surface area contributed by atoms with Crippen molar-refractivity contribution in [1.29, 1.82) is 0 Å². The van der Waals surface area contributed by atoms with Gasteiger partial charge in [-0.1, -0.05) is 20.3 Å². The molecule has 0 aromatic carbocycles. The Morgan fingerprint density at radius 1 is 1.22 bits per heavy atom. The van der Waals surface area contributed by atoms with Gasteiger partial charge in [0.05, 0.1) is 6.26 Å². The number of aliphatic hydroxyl groups is 1. The van der Waals surface area contributed by atoms with Gasteiger partial charge in [0.1, 0.15) is 0 Å². The molecule has 108 valence electrons. The monoisotopic (exact) mass is 278 g/mol. The van der Waals surface area contributed by atoms with E-state index in [1.54, 1.807) is 0 Å². The SMILES string of the molecule is CCCC(C)(CO)CN1CCN(S(C)(=O)=O)CC1. The molecule has 1 heterocycles. The molecular weight excluding hydrogens is 252 g/mol. The first-order valence-electron chi connectivity index (χ1n) is 6.59. The van der Waals surface area contributed by atoms with Crippen LogP contribution >= 0.6 is 0 Å². The molecule has 0 saturated carbocycles. The minimum absolute atomic E-state index is 0.0675. The normalized spacial score (nSPS) is 22.9. The maximum atomic E-state index is 11.4. The van der Waals surface area contributed by atoms with E-state index < -0.39 is 10.0 Å². The third kappa shape index (κ3) is 4.50. The second kappa shape index (κ2) is 6.32. The highest BCUT2D eigenvalue weighted by Gasteiger charge is 2.29. The van der Waals surface area contributed by atoms with Gasteiger partial charge in [-0.15, -0.1) is 0 Å². The lowest BCUT2D eigenvalue weighted by molar-refractivity contribution is 0.0647. The summed E-state index contributed by atoms with van der Waals surface area (Å²) in [6, 6.07) is 0. The standard InChI is InChI=1S/C12H26N2O3S/c1-4-5-12(2,11-15)10-13-6-8-14(9-7-13)18(3,16)17/h15H,4-11H2,1-3H3. The molecule has 1 atom stereocenters. The van der Waals surface area contributed by atoms with Crippen LogP contribution in [0.5, 0.6) is 0 Å². The van der Waals surface area contributed by atoms with Gasteiger partial charge in [-0.25, -0.2) is 8.42 Å². The van der Waals surface area contributed by atoms with Crippen LogP contribution in [0.3, 0.4) is 0 Å². The topological polar surface area (TPSA) is 60.9 Å². The largest absolute Gasteiger partial charge is 0.396 e. The molecule has 0 bridgehead atoms. The number of rotatable bonds is 6. The highest BCUT2D eigenvalue weighted by Crippen LogP contribution is 2.24. The van der Waals surface area contributed by atoms with Crippen molar-refractivity contribution in [2.75, 3.05) is 45.6 Å². The molecule has 0 spiro atoms. The van der Waals surface area contributed by atoms with E-state index in [-0.39, 0.29) is 12.0 Å². The van der Waals surface area contributed by atoms with E-state index in [2.05, 4.69) is 18.7 Å². The number of aliphatic hydroxyl groups excluding tert-OH is 1. The molecule has 6 heteroatoms. The molecule has 1 fully saturated rings. The highest BCUT2D eigenvalue weighted by atomic mass is 32.2. The Balaban J connectivity index is 2.48. The van der Waals surface area contributed by atoms with Crippen LogP contribution in [0, 0.1) is 5.41 Å². The summed E-state index contributed by atoms with van der Waals surface area (Å²) in [5.41, 5.74) is -0.0675. The van der Waals surface area contributed by atoms with E-state index in [0.29, 0.717) is 13.1 Å². The number of sulfonamides is 1. The molecule has 0 radical (unpaired) electrons. The van der Waals surface area contributed by atoms with Crippen LogP contribution in [0.1, 0.15) is 26.7 Å². The molecular formula is C12H26N2O3S. The molecule has 0 aromatic heterocycles. The first kappa shape index (κ1) is 15.9. The smallest absolute Gasteiger partial charge is 0.211 e. The predicted octanol–water partition coefficient (Wildman–Crippen LogP) is 0.362. The van der Waals surface area contributed by atoms with Gasteiger partial charge in [0.2, 0.25) is 10.0 Å². The van der Waals surface area contributed by atoms with Crippen molar-refractivity contribution in [1.82, 2.24) is 9.21 Å². The lowest BCUT2D eigenvalue weighted by atomic mass is 9.86. The van der Waals surface area contributed by atoms with Gasteiger partial charge >= 0.3 is 0 Å². The van der Waals surface area contributed by atoms with Crippen molar-refractivity contribution in [2.24, 2.45) is 5.41 Å². The zero-order valence-electron chi connectivity index (χ0n) is 11.7. The maximum Gasteiger partial charge on any atom is 0.211 e. The number of hydrogen-bond acceptors (Lipinski definition) is 4. The average molecular weight is 278 g/mol. The van der Waals surface area contributed by atoms with E-state index in [4.69, 9.17) is 0 Å². The molecule has 1 rings (SSSR count). The summed E-state index contributed by atoms with van der Waals surface area (Å²) >= 11 is 0. The Morgan fingerprint density at radius 3 is 2.17 bits per heavy atom. The molecule has 0 aromatic rings. The molecule has 1 aliphatic heterocycles. The van der Waals surface area contributed by atoms with Crippen LogP contribution in [0.4, 0.5) is 0 Å². The Kier molecular flexibility index (Phi) is 5.58. The van der Waals surface area contributed by atoms with Crippen molar-refractivity contribution in [3.63, 3.8) is 0 Å². The number of nitrogens with zero attached hydrogens (tertiary/aromatic N) is 2. The fraction of sp³-hybridized carbons (Fsp3) is 1.00. The lowest BCUT2D eigenvalue weighted by Crippen LogP contribution is -2.51. The molecule has 5 nitrogen and oxygen atoms in total. The molecule has 0 amide bonds. The van der Waals surface area contributed by atoms with E-state index in [9.17, 15) is 13.5 Å². The van der Waals surface area contributed by atoms with Crippen LogP contribution in [0.2, 0.25) is 0 Å². The number of piperazine rings is 1. The van der Waals surface area contributed by atoms with E-state index in [1.165, 1.54) is 10.6 Å². The van der Waals surface area contributed by atoms with Crippen molar-refractivity contribution in [2.45, 2.75) is 26.7 Å². The van der Waals surface area contributed by atoms with Gasteiger partial charge in [-0.05, 0) is 6.42 Å². The zero-order valence-corrected chi connectivity index (χ0v) is 12.5. The Hall–Kier alpha value is -0.170. The third-order valence-electron chi connectivity index (χ3n) is 3.64. The first-order chi connectivity index (χ1) is 8.30. The highest BCUT2D eigenvalue weighted by molar-refractivity contribution is 7.88. The molecule has 18 heavy (non-hydrogen) atoms. The van der Waals surface area contributed by atoms with Gasteiger partial charge < -0.3 is 10.0 Å². The molecule has 0 aliphatic carbocycles. The molecule has 1 saturated heterocycles. The lowest BCUT2D eigenvalue weighted by Gasteiger charge is -2.38. The van der Waals surface area contributed by atoms with Crippen molar-refractivity contribution in [3.8, 4) is 0 Å². The Labute approximate surface area is 111 Å². The summed E-state index contributed by atoms with van der Waals surface area (Å²) in [6.07, 6.45) is 3.31. The second-order valence-corrected chi connectivity index (χ2v) is 7.64. The Bertz CT molecular complexity index is 350. The van der Waals surface area contributed by atoms with Gasteiger partial charge in [0.15, 0.2) is 0 Å². The summed E-state index contributed by atoms with van der Waals surface area (Å²) in [4.78, 5) is 2.26. The molecule has 1 unspecified atom stereocenters. The summed E-state index contributed by atoms with van der Waals surface area (Å²) in [5.74, 6) is 0. The van der Waals surface area contributed by atoms with Crippen LogP contribution in [-0.4, -0.2) is 68.3 Å².